The molecule has 2 aliphatic rings. The lowest BCUT2D eigenvalue weighted by atomic mass is 9.92. The van der Waals surface area contributed by atoms with Gasteiger partial charge in [-0.3, -0.25) is 14.4 Å². The Kier molecular flexibility index (Phi) is 5.97. The minimum Gasteiger partial charge on any atom is -0.342 e. The molecule has 148 valence electrons. The van der Waals surface area contributed by atoms with Gasteiger partial charge < -0.3 is 14.8 Å². The summed E-state index contributed by atoms with van der Waals surface area (Å²) < 4.78 is 0. The summed E-state index contributed by atoms with van der Waals surface area (Å²) in [6, 6.07) is 1.58. The Morgan fingerprint density at radius 3 is 2.44 bits per heavy atom. The molecule has 7 heteroatoms. The summed E-state index contributed by atoms with van der Waals surface area (Å²) in [4.78, 5) is 47.5. The quantitative estimate of drug-likeness (QED) is 0.875. The number of nitrogens with one attached hydrogen (secondary N) is 1. The monoisotopic (exact) mass is 374 g/mol. The molecule has 27 heavy (non-hydrogen) atoms. The van der Waals surface area contributed by atoms with Crippen LogP contribution in [0.25, 0.3) is 0 Å². The topological polar surface area (TPSA) is 86.4 Å². The molecule has 0 aromatic carbocycles. The molecule has 0 saturated carbocycles. The van der Waals surface area contributed by atoms with Gasteiger partial charge >= 0.3 is 0 Å². The zero-order valence-corrected chi connectivity index (χ0v) is 16.5. The summed E-state index contributed by atoms with van der Waals surface area (Å²) in [5.74, 6) is 1.29. The molecule has 1 aromatic rings. The highest BCUT2D eigenvalue weighted by atomic mass is 16.2. The number of H-pyrrole nitrogens is 1. The smallest absolute Gasteiger partial charge is 0.251 e. The van der Waals surface area contributed by atoms with Gasteiger partial charge in [0.25, 0.3) is 5.56 Å². The molecule has 0 radical (unpaired) electrons. The first-order valence-corrected chi connectivity index (χ1v) is 10.0. The number of hydrogen-bond donors (Lipinski definition) is 1. The van der Waals surface area contributed by atoms with Crippen molar-refractivity contribution < 1.29 is 9.59 Å². The Bertz CT molecular complexity index is 750. The zero-order valence-electron chi connectivity index (χ0n) is 16.5. The van der Waals surface area contributed by atoms with E-state index in [4.69, 9.17) is 4.98 Å². The van der Waals surface area contributed by atoms with Gasteiger partial charge in [0.15, 0.2) is 0 Å². The molecule has 3 heterocycles. The predicted molar refractivity (Wildman–Crippen MR) is 102 cm³/mol. The Labute approximate surface area is 160 Å². The first kappa shape index (κ1) is 19.6. The van der Waals surface area contributed by atoms with Crippen molar-refractivity contribution in [3.63, 3.8) is 0 Å². The number of hydrogen-bond acceptors (Lipinski definition) is 4. The lowest BCUT2D eigenvalue weighted by Crippen LogP contribution is -2.40. The maximum atomic E-state index is 12.2. The van der Waals surface area contributed by atoms with E-state index in [1.54, 1.807) is 13.0 Å². The zero-order chi connectivity index (χ0) is 19.6. The van der Waals surface area contributed by atoms with Crippen molar-refractivity contribution in [2.75, 3.05) is 26.2 Å². The van der Waals surface area contributed by atoms with Gasteiger partial charge in [-0.1, -0.05) is 13.8 Å². The van der Waals surface area contributed by atoms with Crippen LogP contribution in [0.1, 0.15) is 69.8 Å². The highest BCUT2D eigenvalue weighted by Crippen LogP contribution is 2.29. The molecule has 1 atom stereocenters. The van der Waals surface area contributed by atoms with Crippen LogP contribution in [0.4, 0.5) is 0 Å². The van der Waals surface area contributed by atoms with Gasteiger partial charge in [-0.05, 0) is 25.7 Å². The van der Waals surface area contributed by atoms with E-state index in [1.165, 1.54) is 0 Å². The maximum absolute atomic E-state index is 12.2. The van der Waals surface area contributed by atoms with E-state index in [0.717, 1.165) is 43.7 Å². The summed E-state index contributed by atoms with van der Waals surface area (Å²) >= 11 is 0. The van der Waals surface area contributed by atoms with Crippen molar-refractivity contribution >= 4 is 11.8 Å². The summed E-state index contributed by atoms with van der Waals surface area (Å²) in [5, 5.41) is 0. The number of amides is 2. The summed E-state index contributed by atoms with van der Waals surface area (Å²) in [6.07, 6.45) is 3.51. The van der Waals surface area contributed by atoms with Crippen LogP contribution in [0.2, 0.25) is 0 Å². The number of aromatic nitrogens is 2. The predicted octanol–water partition coefficient (Wildman–Crippen LogP) is 1.86. The average Bonchev–Trinajstić information content (AvgIpc) is 2.67. The van der Waals surface area contributed by atoms with Crippen molar-refractivity contribution in [2.24, 2.45) is 5.92 Å². The van der Waals surface area contributed by atoms with Crippen LogP contribution in [0, 0.1) is 5.92 Å². The van der Waals surface area contributed by atoms with E-state index >= 15 is 0 Å². The molecule has 1 aromatic heterocycles. The fourth-order valence-electron chi connectivity index (χ4n) is 4.14. The van der Waals surface area contributed by atoms with E-state index in [2.05, 4.69) is 4.98 Å². The molecular formula is C20H30N4O3. The molecule has 7 nitrogen and oxygen atoms in total. The van der Waals surface area contributed by atoms with Gasteiger partial charge in [-0.25, -0.2) is 4.98 Å². The van der Waals surface area contributed by atoms with Gasteiger partial charge in [0.2, 0.25) is 11.8 Å². The number of aromatic amines is 1. The Balaban J connectivity index is 1.72. The molecule has 2 amide bonds. The number of carbonyl (C=O) groups excluding carboxylic acids is 2. The Morgan fingerprint density at radius 1 is 1.11 bits per heavy atom. The first-order valence-electron chi connectivity index (χ1n) is 10.0. The van der Waals surface area contributed by atoms with Crippen LogP contribution in [-0.4, -0.2) is 57.8 Å². The third-order valence-corrected chi connectivity index (χ3v) is 5.75. The fraction of sp³-hybridized carbons (Fsp3) is 0.700. The van der Waals surface area contributed by atoms with Gasteiger partial charge in [0, 0.05) is 56.9 Å². The molecule has 2 saturated heterocycles. The fourth-order valence-corrected chi connectivity index (χ4v) is 4.14. The lowest BCUT2D eigenvalue weighted by Gasteiger charge is -2.33. The molecule has 3 rings (SSSR count). The Hall–Kier alpha value is -2.18. The molecule has 0 bridgehead atoms. The third kappa shape index (κ3) is 4.57. The van der Waals surface area contributed by atoms with E-state index in [0.29, 0.717) is 19.6 Å². The van der Waals surface area contributed by atoms with Crippen LogP contribution in [0.15, 0.2) is 10.9 Å². The van der Waals surface area contributed by atoms with Gasteiger partial charge in [-0.2, -0.15) is 0 Å². The molecule has 1 N–H and O–H groups in total. The maximum Gasteiger partial charge on any atom is 0.251 e. The molecular weight excluding hydrogens is 344 g/mol. The molecule has 0 spiro atoms. The van der Waals surface area contributed by atoms with Crippen molar-refractivity contribution in [2.45, 2.75) is 58.3 Å². The molecule has 2 fully saturated rings. The minimum absolute atomic E-state index is 0.0123. The van der Waals surface area contributed by atoms with Crippen LogP contribution < -0.4 is 5.56 Å². The summed E-state index contributed by atoms with van der Waals surface area (Å²) in [7, 11) is 0. The second-order valence-corrected chi connectivity index (χ2v) is 8.11. The van der Waals surface area contributed by atoms with Crippen LogP contribution in [0.3, 0.4) is 0 Å². The van der Waals surface area contributed by atoms with Gasteiger partial charge in [0.05, 0.1) is 5.69 Å². The first-order chi connectivity index (χ1) is 12.8. The van der Waals surface area contributed by atoms with E-state index in [-0.39, 0.29) is 35.1 Å². The lowest BCUT2D eigenvalue weighted by molar-refractivity contribution is -0.135. The van der Waals surface area contributed by atoms with E-state index < -0.39 is 0 Å². The summed E-state index contributed by atoms with van der Waals surface area (Å²) in [6.45, 7) is 8.26. The van der Waals surface area contributed by atoms with Gasteiger partial charge in [0.1, 0.15) is 5.82 Å². The third-order valence-electron chi connectivity index (χ3n) is 5.75. The van der Waals surface area contributed by atoms with Crippen molar-refractivity contribution in [1.29, 1.82) is 0 Å². The van der Waals surface area contributed by atoms with Crippen molar-refractivity contribution in [3.8, 4) is 0 Å². The number of piperidine rings is 2. The average molecular weight is 374 g/mol. The molecule has 2 aliphatic heterocycles. The SMILES string of the molecule is CC(=O)N1CCC[C@@H](c2cc(=O)[nH]c(C3CCN(C(=O)C(C)C)CC3)n2)C1. The highest BCUT2D eigenvalue weighted by molar-refractivity contribution is 5.78. The Morgan fingerprint density at radius 2 is 1.81 bits per heavy atom. The van der Waals surface area contributed by atoms with Crippen molar-refractivity contribution in [1.82, 2.24) is 19.8 Å². The second-order valence-electron chi connectivity index (χ2n) is 8.11. The minimum atomic E-state index is -0.129. The van der Waals surface area contributed by atoms with Gasteiger partial charge in [-0.15, -0.1) is 0 Å². The number of likely N-dealkylation sites (tertiary alicyclic amines) is 2. The van der Waals surface area contributed by atoms with Crippen LogP contribution in [0.5, 0.6) is 0 Å². The van der Waals surface area contributed by atoms with Crippen LogP contribution >= 0.6 is 0 Å². The highest BCUT2D eigenvalue weighted by Gasteiger charge is 2.28. The summed E-state index contributed by atoms with van der Waals surface area (Å²) in [5.41, 5.74) is 0.663. The second kappa shape index (κ2) is 8.23. The van der Waals surface area contributed by atoms with Crippen LogP contribution in [-0.2, 0) is 9.59 Å². The standard InChI is InChI=1S/C20H30N4O3/c1-13(2)20(27)23-9-6-15(7-10-23)19-21-17(11-18(26)22-19)16-5-4-8-24(12-16)14(3)25/h11,13,15-16H,4-10,12H2,1-3H3,(H,21,22,26)/t16-/m1/s1. The van der Waals surface area contributed by atoms with E-state index in [9.17, 15) is 14.4 Å². The van der Waals surface area contributed by atoms with E-state index in [1.807, 2.05) is 23.6 Å². The van der Waals surface area contributed by atoms with Crippen molar-refractivity contribution in [3.05, 3.63) is 27.9 Å². The normalized spacial score (nSPS) is 21.6. The number of nitrogens with zero attached hydrogens (tertiary/aromatic N) is 3. The molecule has 0 unspecified atom stereocenters. The number of carbonyl (C=O) groups is 2. The largest absolute Gasteiger partial charge is 0.342 e. The number of rotatable bonds is 3. The molecule has 0 aliphatic carbocycles.